The molecule has 6 nitrogen and oxygen atoms in total. The average Bonchev–Trinajstić information content (AvgIpc) is 3.06. The van der Waals surface area contributed by atoms with Crippen LogP contribution in [0.25, 0.3) is 0 Å². The van der Waals surface area contributed by atoms with Gasteiger partial charge in [0.15, 0.2) is 11.5 Å². The number of anilines is 1. The molecule has 3 N–H and O–H groups in total. The van der Waals surface area contributed by atoms with E-state index in [1.807, 2.05) is 24.3 Å². The summed E-state index contributed by atoms with van der Waals surface area (Å²) < 4.78 is 16.6. The third kappa shape index (κ3) is 4.32. The number of phenolic OH excluding ortho intramolecular Hbond substituents is 1. The number of nitrogen functional groups attached to an aromatic ring is 1. The molecule has 2 aromatic carbocycles. The Balaban J connectivity index is 1.79. The van der Waals surface area contributed by atoms with E-state index in [1.165, 1.54) is 0 Å². The number of ether oxygens (including phenoxy) is 3. The van der Waals surface area contributed by atoms with Gasteiger partial charge in [-0.05, 0) is 41.8 Å². The van der Waals surface area contributed by atoms with Crippen LogP contribution in [-0.4, -0.2) is 48.5 Å². The first-order chi connectivity index (χ1) is 13.0. The van der Waals surface area contributed by atoms with Gasteiger partial charge in [0.2, 0.25) is 0 Å². The number of thiocarbonyl (C=S) groups is 1. The number of hydrogen-bond acceptors (Lipinski definition) is 7. The minimum Gasteiger partial charge on any atom is -0.506 e. The molecule has 3 rings (SSSR count). The summed E-state index contributed by atoms with van der Waals surface area (Å²) in [5.41, 5.74) is 8.31. The van der Waals surface area contributed by atoms with Gasteiger partial charge in [0.25, 0.3) is 0 Å². The fourth-order valence-electron chi connectivity index (χ4n) is 3.31. The third-order valence-electron chi connectivity index (χ3n) is 4.75. The Kier molecular flexibility index (Phi) is 6.15. The second kappa shape index (κ2) is 8.56. The first-order valence-corrected chi connectivity index (χ1v) is 9.13. The molecule has 1 unspecified atom stereocenters. The quantitative estimate of drug-likeness (QED) is 0.429. The lowest BCUT2D eigenvalue weighted by molar-refractivity contribution is 0.0875. The summed E-state index contributed by atoms with van der Waals surface area (Å²) in [4.78, 5) is 2.20. The van der Waals surface area contributed by atoms with Crippen molar-refractivity contribution in [2.45, 2.75) is 25.2 Å². The highest BCUT2D eigenvalue weighted by atomic mass is 32.1. The van der Waals surface area contributed by atoms with Gasteiger partial charge in [0, 0.05) is 18.0 Å². The zero-order chi connectivity index (χ0) is 19.4. The number of nitrogens with zero attached hydrogens (tertiary/aromatic N) is 1. The molecule has 0 bridgehead atoms. The van der Waals surface area contributed by atoms with Gasteiger partial charge in [0.1, 0.15) is 12.0 Å². The minimum atomic E-state index is -0.236. The number of aromatic hydroxyl groups is 1. The van der Waals surface area contributed by atoms with E-state index >= 15 is 0 Å². The van der Waals surface area contributed by atoms with Gasteiger partial charge in [-0.1, -0.05) is 24.4 Å². The Morgan fingerprint density at radius 2 is 1.93 bits per heavy atom. The summed E-state index contributed by atoms with van der Waals surface area (Å²) in [6, 6.07) is 11.3. The van der Waals surface area contributed by atoms with Crippen molar-refractivity contribution in [2.75, 3.05) is 26.6 Å². The van der Waals surface area contributed by atoms with Gasteiger partial charge in [0.05, 0.1) is 26.5 Å². The van der Waals surface area contributed by atoms with Crippen molar-refractivity contribution < 1.29 is 19.3 Å². The topological polar surface area (TPSA) is 77.2 Å². The molecular formula is C20H24N2O4S. The van der Waals surface area contributed by atoms with Crippen molar-refractivity contribution >= 4 is 23.3 Å². The molecular weight excluding hydrogens is 364 g/mol. The van der Waals surface area contributed by atoms with E-state index in [9.17, 15) is 5.11 Å². The van der Waals surface area contributed by atoms with Crippen LogP contribution in [0, 0.1) is 0 Å². The van der Waals surface area contributed by atoms with Gasteiger partial charge < -0.3 is 25.1 Å². The van der Waals surface area contributed by atoms with E-state index in [2.05, 4.69) is 4.90 Å². The van der Waals surface area contributed by atoms with Crippen LogP contribution in [0.4, 0.5) is 5.69 Å². The largest absolute Gasteiger partial charge is 0.506 e. The standard InChI is InChI=1S/C20H24N2O4S/c1-24-18-6-4-13(9-19(18)25-2)7-15-11-26-20(12-27)22(15)10-14-3-5-17(23)16(21)8-14/h3-6,8-9,12,15,20,23H,7,10-11,21H2,1-2H3/t15-,20?/m0/s1. The molecule has 27 heavy (non-hydrogen) atoms. The molecule has 1 aliphatic rings. The number of hydrogen-bond donors (Lipinski definition) is 2. The van der Waals surface area contributed by atoms with E-state index in [0.29, 0.717) is 30.3 Å². The molecule has 2 aromatic rings. The first kappa shape index (κ1) is 19.4. The highest BCUT2D eigenvalue weighted by molar-refractivity contribution is 7.79. The van der Waals surface area contributed by atoms with Gasteiger partial charge in [-0.2, -0.15) is 0 Å². The third-order valence-corrected chi connectivity index (χ3v) is 4.98. The van der Waals surface area contributed by atoms with Crippen LogP contribution >= 0.6 is 12.2 Å². The smallest absolute Gasteiger partial charge is 0.160 e. The maximum atomic E-state index is 9.63. The lowest BCUT2D eigenvalue weighted by Gasteiger charge is -2.26. The van der Waals surface area contributed by atoms with Gasteiger partial charge >= 0.3 is 0 Å². The zero-order valence-electron chi connectivity index (χ0n) is 15.4. The van der Waals surface area contributed by atoms with Crippen LogP contribution in [0.2, 0.25) is 0 Å². The van der Waals surface area contributed by atoms with Gasteiger partial charge in [-0.15, -0.1) is 0 Å². The summed E-state index contributed by atoms with van der Waals surface area (Å²) in [5, 5.41) is 11.3. The number of phenols is 1. The Hall–Kier alpha value is -2.35. The Morgan fingerprint density at radius 1 is 1.19 bits per heavy atom. The summed E-state index contributed by atoms with van der Waals surface area (Å²) >= 11 is 5.15. The summed E-state index contributed by atoms with van der Waals surface area (Å²) in [5.74, 6) is 1.50. The lowest BCUT2D eigenvalue weighted by atomic mass is 10.0. The maximum Gasteiger partial charge on any atom is 0.160 e. The van der Waals surface area contributed by atoms with Gasteiger partial charge in [-0.3, -0.25) is 4.90 Å². The maximum absolute atomic E-state index is 9.63. The number of methoxy groups -OCH3 is 2. The second-order valence-electron chi connectivity index (χ2n) is 6.47. The molecule has 0 spiro atoms. The molecule has 1 aliphatic heterocycles. The Bertz CT molecular complexity index is 815. The number of benzene rings is 2. The van der Waals surface area contributed by atoms with E-state index in [0.717, 1.165) is 17.5 Å². The zero-order valence-corrected chi connectivity index (χ0v) is 16.2. The van der Waals surface area contributed by atoms with Crippen LogP contribution in [0.5, 0.6) is 17.2 Å². The van der Waals surface area contributed by atoms with E-state index in [1.54, 1.807) is 31.7 Å². The average molecular weight is 388 g/mol. The predicted molar refractivity (Wildman–Crippen MR) is 108 cm³/mol. The van der Waals surface area contributed by atoms with E-state index in [4.69, 9.17) is 32.2 Å². The molecule has 1 heterocycles. The molecule has 0 aromatic heterocycles. The predicted octanol–water partition coefficient (Wildman–Crippen LogP) is 2.76. The fourth-order valence-corrected chi connectivity index (χ4v) is 3.55. The van der Waals surface area contributed by atoms with Crippen molar-refractivity contribution in [3.05, 3.63) is 47.5 Å². The van der Waals surface area contributed by atoms with Crippen LogP contribution in [0.15, 0.2) is 36.4 Å². The summed E-state index contributed by atoms with van der Waals surface area (Å²) in [7, 11) is 3.25. The molecule has 1 saturated heterocycles. The number of nitrogens with two attached hydrogens (primary N) is 1. The first-order valence-electron chi connectivity index (χ1n) is 8.66. The Morgan fingerprint density at radius 3 is 2.59 bits per heavy atom. The van der Waals surface area contributed by atoms with E-state index < -0.39 is 0 Å². The molecule has 2 atom stereocenters. The molecule has 144 valence electrons. The van der Waals surface area contributed by atoms with Crippen LogP contribution in [0.3, 0.4) is 0 Å². The molecule has 0 aliphatic carbocycles. The lowest BCUT2D eigenvalue weighted by Crippen LogP contribution is -2.38. The van der Waals surface area contributed by atoms with Crippen molar-refractivity contribution in [3.63, 3.8) is 0 Å². The fraction of sp³-hybridized carbons (Fsp3) is 0.350. The molecule has 1 fully saturated rings. The molecule has 0 amide bonds. The summed E-state index contributed by atoms with van der Waals surface area (Å²) in [6.07, 6.45) is 0.549. The minimum absolute atomic E-state index is 0.0877. The normalized spacial score (nSPS) is 19.8. The Labute approximate surface area is 164 Å². The molecule has 0 saturated carbocycles. The second-order valence-corrected chi connectivity index (χ2v) is 6.74. The van der Waals surface area contributed by atoms with Crippen LogP contribution in [0.1, 0.15) is 11.1 Å². The van der Waals surface area contributed by atoms with Crippen LogP contribution < -0.4 is 15.2 Å². The van der Waals surface area contributed by atoms with Crippen LogP contribution in [-0.2, 0) is 17.7 Å². The molecule has 0 radical (unpaired) electrons. The van der Waals surface area contributed by atoms with Crippen molar-refractivity contribution in [1.29, 1.82) is 0 Å². The highest BCUT2D eigenvalue weighted by Crippen LogP contribution is 2.30. The van der Waals surface area contributed by atoms with Crippen molar-refractivity contribution in [2.24, 2.45) is 0 Å². The SMILES string of the molecule is COc1ccc(C[C@H]2COC(C=S)N2Cc2ccc(O)c(N)c2)cc1OC. The van der Waals surface area contributed by atoms with Crippen molar-refractivity contribution in [3.8, 4) is 17.2 Å². The van der Waals surface area contributed by atoms with E-state index in [-0.39, 0.29) is 18.0 Å². The number of rotatable bonds is 7. The summed E-state index contributed by atoms with van der Waals surface area (Å²) in [6.45, 7) is 1.21. The van der Waals surface area contributed by atoms with Gasteiger partial charge in [-0.25, -0.2) is 0 Å². The van der Waals surface area contributed by atoms with Crippen molar-refractivity contribution in [1.82, 2.24) is 4.90 Å². The molecule has 7 heteroatoms. The monoisotopic (exact) mass is 388 g/mol. The highest BCUT2D eigenvalue weighted by Gasteiger charge is 2.33.